The first kappa shape index (κ1) is 9.77. The van der Waals surface area contributed by atoms with E-state index in [1.165, 1.54) is 0 Å². The first-order valence-corrected chi connectivity index (χ1v) is 5.69. The quantitative estimate of drug-likeness (QED) is 0.703. The third-order valence-electron chi connectivity index (χ3n) is 3.53. The van der Waals surface area contributed by atoms with Crippen LogP contribution in [0.15, 0.2) is 12.4 Å². The van der Waals surface area contributed by atoms with Crippen molar-refractivity contribution < 1.29 is 4.79 Å². The van der Waals surface area contributed by atoms with Crippen LogP contribution in [0.5, 0.6) is 0 Å². The maximum absolute atomic E-state index is 12.1. The second-order valence-electron chi connectivity index (χ2n) is 4.46. The molecule has 1 aromatic heterocycles. The van der Waals surface area contributed by atoms with E-state index in [-0.39, 0.29) is 5.91 Å². The number of rotatable bonds is 2. The van der Waals surface area contributed by atoms with Gasteiger partial charge in [-0.1, -0.05) is 5.21 Å². The van der Waals surface area contributed by atoms with E-state index >= 15 is 0 Å². The van der Waals surface area contributed by atoms with Crippen molar-refractivity contribution in [1.82, 2.24) is 25.2 Å². The zero-order valence-corrected chi connectivity index (χ0v) is 9.04. The molecule has 2 atom stereocenters. The van der Waals surface area contributed by atoms with Crippen molar-refractivity contribution in [1.29, 1.82) is 0 Å². The lowest BCUT2D eigenvalue weighted by Gasteiger charge is -2.23. The van der Waals surface area contributed by atoms with Crippen molar-refractivity contribution in [2.45, 2.75) is 19.0 Å². The van der Waals surface area contributed by atoms with E-state index in [9.17, 15) is 4.79 Å². The predicted molar refractivity (Wildman–Crippen MR) is 56.5 cm³/mol. The molecule has 0 unspecified atom stereocenters. The Morgan fingerprint density at radius 3 is 3.25 bits per heavy atom. The minimum Gasteiger partial charge on any atom is -0.336 e. The molecule has 1 N–H and O–H groups in total. The summed E-state index contributed by atoms with van der Waals surface area (Å²) < 4.78 is 1.58. The van der Waals surface area contributed by atoms with Crippen LogP contribution >= 0.6 is 0 Å². The van der Waals surface area contributed by atoms with Gasteiger partial charge in [0.2, 0.25) is 5.91 Å². The van der Waals surface area contributed by atoms with Crippen molar-refractivity contribution in [2.24, 2.45) is 5.92 Å². The lowest BCUT2D eigenvalue weighted by atomic mass is 10.1. The van der Waals surface area contributed by atoms with Crippen LogP contribution in [0.25, 0.3) is 0 Å². The Morgan fingerprint density at radius 2 is 2.44 bits per heavy atom. The summed E-state index contributed by atoms with van der Waals surface area (Å²) in [5, 5.41) is 10.9. The minimum atomic E-state index is 0.154. The van der Waals surface area contributed by atoms with Gasteiger partial charge in [0.1, 0.15) is 6.54 Å². The maximum atomic E-state index is 12.1. The summed E-state index contributed by atoms with van der Waals surface area (Å²) in [7, 11) is 0. The van der Waals surface area contributed by atoms with Gasteiger partial charge in [-0.3, -0.25) is 4.79 Å². The molecule has 0 saturated carbocycles. The zero-order chi connectivity index (χ0) is 11.0. The lowest BCUT2D eigenvalue weighted by Crippen LogP contribution is -2.40. The topological polar surface area (TPSA) is 63.1 Å². The number of nitrogens with one attached hydrogen (secondary N) is 1. The van der Waals surface area contributed by atoms with E-state index in [4.69, 9.17) is 0 Å². The summed E-state index contributed by atoms with van der Waals surface area (Å²) in [6.45, 7) is 3.19. The number of hydrogen-bond acceptors (Lipinski definition) is 4. The average molecular weight is 221 g/mol. The van der Waals surface area contributed by atoms with Crippen LogP contribution in [0, 0.1) is 5.92 Å². The average Bonchev–Trinajstić information content (AvgIpc) is 2.92. The van der Waals surface area contributed by atoms with Crippen LogP contribution in [-0.4, -0.2) is 51.5 Å². The van der Waals surface area contributed by atoms with Crippen LogP contribution in [-0.2, 0) is 11.3 Å². The summed E-state index contributed by atoms with van der Waals surface area (Å²) in [5.41, 5.74) is 0. The van der Waals surface area contributed by atoms with Gasteiger partial charge >= 0.3 is 0 Å². The normalized spacial score (nSPS) is 28.4. The molecule has 2 aliphatic heterocycles. The number of fused-ring (bicyclic) bond motifs is 1. The summed E-state index contributed by atoms with van der Waals surface area (Å²) in [6, 6.07) is 0.399. The highest BCUT2D eigenvalue weighted by atomic mass is 16.2. The molecule has 86 valence electrons. The predicted octanol–water partition coefficient (Wildman–Crippen LogP) is -0.902. The zero-order valence-electron chi connectivity index (χ0n) is 9.04. The van der Waals surface area contributed by atoms with Gasteiger partial charge in [-0.2, -0.15) is 0 Å². The van der Waals surface area contributed by atoms with Gasteiger partial charge in [0.25, 0.3) is 0 Å². The number of likely N-dealkylation sites (tertiary alicyclic amines) is 1. The molecule has 0 bridgehead atoms. The van der Waals surface area contributed by atoms with Gasteiger partial charge in [-0.15, -0.1) is 5.10 Å². The molecule has 0 spiro atoms. The first-order chi connectivity index (χ1) is 7.84. The van der Waals surface area contributed by atoms with Gasteiger partial charge in [0, 0.05) is 31.9 Å². The van der Waals surface area contributed by atoms with Crippen molar-refractivity contribution in [3.63, 3.8) is 0 Å². The van der Waals surface area contributed by atoms with Crippen LogP contribution < -0.4 is 5.32 Å². The van der Waals surface area contributed by atoms with E-state index in [2.05, 4.69) is 15.6 Å². The summed E-state index contributed by atoms with van der Waals surface area (Å²) in [6.07, 6.45) is 4.44. The van der Waals surface area contributed by atoms with E-state index in [1.807, 2.05) is 4.90 Å². The fraction of sp³-hybridized carbons (Fsp3) is 0.700. The third-order valence-corrected chi connectivity index (χ3v) is 3.53. The number of aromatic nitrogens is 3. The number of carbonyl (C=O) groups is 1. The Morgan fingerprint density at radius 1 is 1.50 bits per heavy atom. The smallest absolute Gasteiger partial charge is 0.244 e. The SMILES string of the molecule is O=C(Cn1ccnn1)N1CC[C@H]2CNC[C@H]21. The van der Waals surface area contributed by atoms with Crippen LogP contribution in [0.3, 0.4) is 0 Å². The Bertz CT molecular complexity index is 377. The molecule has 2 saturated heterocycles. The van der Waals surface area contributed by atoms with E-state index in [0.717, 1.165) is 26.1 Å². The van der Waals surface area contributed by atoms with Gasteiger partial charge in [0.15, 0.2) is 0 Å². The molecular weight excluding hydrogens is 206 g/mol. The molecule has 16 heavy (non-hydrogen) atoms. The summed E-state index contributed by atoms with van der Waals surface area (Å²) in [5.74, 6) is 0.807. The Labute approximate surface area is 93.6 Å². The standard InChI is InChI=1S/C10H15N5O/c16-10(7-14-4-2-12-13-14)15-3-1-8-5-11-6-9(8)15/h2,4,8-9,11H,1,3,5-7H2/t8-,9+/m0/s1. The second kappa shape index (κ2) is 3.86. The molecule has 1 aromatic rings. The summed E-state index contributed by atoms with van der Waals surface area (Å²) >= 11 is 0. The molecule has 0 aromatic carbocycles. The Hall–Kier alpha value is -1.43. The number of nitrogens with zero attached hydrogens (tertiary/aromatic N) is 4. The molecule has 0 aliphatic carbocycles. The van der Waals surface area contributed by atoms with E-state index in [1.54, 1.807) is 17.1 Å². The molecule has 6 heteroatoms. The molecule has 2 fully saturated rings. The Kier molecular flexibility index (Phi) is 2.36. The first-order valence-electron chi connectivity index (χ1n) is 5.69. The molecule has 6 nitrogen and oxygen atoms in total. The lowest BCUT2D eigenvalue weighted by molar-refractivity contribution is -0.132. The largest absolute Gasteiger partial charge is 0.336 e. The molecule has 3 heterocycles. The van der Waals surface area contributed by atoms with Crippen molar-refractivity contribution in [3.05, 3.63) is 12.4 Å². The van der Waals surface area contributed by atoms with E-state index in [0.29, 0.717) is 18.5 Å². The molecule has 3 rings (SSSR count). The van der Waals surface area contributed by atoms with Crippen molar-refractivity contribution in [3.8, 4) is 0 Å². The number of amides is 1. The van der Waals surface area contributed by atoms with Crippen LogP contribution in [0.1, 0.15) is 6.42 Å². The molecular formula is C10H15N5O. The van der Waals surface area contributed by atoms with E-state index < -0.39 is 0 Å². The highest BCUT2D eigenvalue weighted by molar-refractivity contribution is 5.76. The fourth-order valence-electron chi connectivity index (χ4n) is 2.71. The highest BCUT2D eigenvalue weighted by Gasteiger charge is 2.39. The number of carbonyl (C=O) groups excluding carboxylic acids is 1. The third kappa shape index (κ3) is 1.59. The number of hydrogen-bond donors (Lipinski definition) is 1. The molecule has 0 radical (unpaired) electrons. The monoisotopic (exact) mass is 221 g/mol. The summed E-state index contributed by atoms with van der Waals surface area (Å²) in [4.78, 5) is 14.1. The van der Waals surface area contributed by atoms with Crippen molar-refractivity contribution >= 4 is 5.91 Å². The van der Waals surface area contributed by atoms with Crippen LogP contribution in [0.4, 0.5) is 0 Å². The van der Waals surface area contributed by atoms with Gasteiger partial charge < -0.3 is 10.2 Å². The highest BCUT2D eigenvalue weighted by Crippen LogP contribution is 2.27. The minimum absolute atomic E-state index is 0.154. The maximum Gasteiger partial charge on any atom is 0.244 e. The molecule has 2 aliphatic rings. The van der Waals surface area contributed by atoms with Gasteiger partial charge in [-0.05, 0) is 12.3 Å². The van der Waals surface area contributed by atoms with Gasteiger partial charge in [-0.25, -0.2) is 4.68 Å². The Balaban J connectivity index is 1.67. The second-order valence-corrected chi connectivity index (χ2v) is 4.46. The molecule has 1 amide bonds. The van der Waals surface area contributed by atoms with Crippen LogP contribution in [0.2, 0.25) is 0 Å². The van der Waals surface area contributed by atoms with Crippen molar-refractivity contribution in [2.75, 3.05) is 19.6 Å². The van der Waals surface area contributed by atoms with Gasteiger partial charge in [0.05, 0.1) is 6.20 Å². The fourth-order valence-corrected chi connectivity index (χ4v) is 2.71.